The maximum atomic E-state index is 12.9. The molecular weight excluding hydrogens is 404 g/mol. The van der Waals surface area contributed by atoms with Crippen LogP contribution in [0.3, 0.4) is 0 Å². The summed E-state index contributed by atoms with van der Waals surface area (Å²) in [6.45, 7) is 4.26. The summed E-state index contributed by atoms with van der Waals surface area (Å²) >= 11 is 0. The Morgan fingerprint density at radius 1 is 1.03 bits per heavy atom. The van der Waals surface area contributed by atoms with Crippen molar-refractivity contribution in [1.82, 2.24) is 10.3 Å². The van der Waals surface area contributed by atoms with Crippen molar-refractivity contribution in [2.75, 3.05) is 14.2 Å². The van der Waals surface area contributed by atoms with Gasteiger partial charge in [0.25, 0.3) is 5.91 Å². The number of hydrogen-bond donors (Lipinski definition) is 2. The molecule has 2 aromatic carbocycles. The number of carbonyl (C=O) groups is 2. The number of rotatable bonds is 10. The highest BCUT2D eigenvalue weighted by molar-refractivity contribution is 5.99. The van der Waals surface area contributed by atoms with E-state index in [0.29, 0.717) is 23.3 Å². The van der Waals surface area contributed by atoms with E-state index in [1.807, 2.05) is 30.5 Å². The van der Waals surface area contributed by atoms with Crippen molar-refractivity contribution < 1.29 is 19.1 Å². The molecule has 1 amide bonds. The summed E-state index contributed by atoms with van der Waals surface area (Å²) in [6.07, 6.45) is 6.70. The number of unbranched alkanes of at least 4 members (excludes halogenated alkanes) is 1. The fraction of sp³-hybridized carbons (Fsp3) is 0.385. The molecule has 1 unspecified atom stereocenters. The molecule has 0 saturated carbocycles. The molecule has 0 aliphatic carbocycles. The highest BCUT2D eigenvalue weighted by atomic mass is 16.5. The molecule has 0 saturated heterocycles. The van der Waals surface area contributed by atoms with Crippen LogP contribution >= 0.6 is 0 Å². The standard InChI is InChI=1S/C26H32N2O4/c1-5-7-8-21(6-2)28-25(29)18-11-12-23-22(14-18)20(16-27-23)13-17-9-10-19(26(30)32-4)15-24(17)31-3/h9-12,14-16,21,27H,5-8,13H2,1-4H3,(H,28,29). The third kappa shape index (κ3) is 5.31. The Labute approximate surface area is 189 Å². The van der Waals surface area contributed by atoms with Gasteiger partial charge in [0.1, 0.15) is 5.75 Å². The fourth-order valence-corrected chi connectivity index (χ4v) is 3.90. The predicted octanol–water partition coefficient (Wildman–Crippen LogP) is 5.25. The van der Waals surface area contributed by atoms with Gasteiger partial charge >= 0.3 is 5.97 Å². The number of H-pyrrole nitrogens is 1. The lowest BCUT2D eigenvalue weighted by Gasteiger charge is -2.16. The van der Waals surface area contributed by atoms with E-state index < -0.39 is 5.97 Å². The Morgan fingerprint density at radius 2 is 1.81 bits per heavy atom. The molecule has 0 fully saturated rings. The molecule has 0 spiro atoms. The van der Waals surface area contributed by atoms with Gasteiger partial charge in [0.05, 0.1) is 19.8 Å². The summed E-state index contributed by atoms with van der Waals surface area (Å²) < 4.78 is 10.3. The number of amides is 1. The van der Waals surface area contributed by atoms with Gasteiger partial charge in [-0.1, -0.05) is 32.8 Å². The maximum absolute atomic E-state index is 12.9. The van der Waals surface area contributed by atoms with Crippen LogP contribution in [0.1, 0.15) is 71.4 Å². The molecule has 3 rings (SSSR count). The van der Waals surface area contributed by atoms with Gasteiger partial charge in [-0.25, -0.2) is 4.79 Å². The first-order chi connectivity index (χ1) is 15.5. The van der Waals surface area contributed by atoms with E-state index in [0.717, 1.165) is 47.7 Å². The van der Waals surface area contributed by atoms with Gasteiger partial charge in [-0.05, 0) is 54.3 Å². The van der Waals surface area contributed by atoms with E-state index in [1.165, 1.54) is 7.11 Å². The zero-order chi connectivity index (χ0) is 23.1. The summed E-state index contributed by atoms with van der Waals surface area (Å²) in [7, 11) is 2.94. The van der Waals surface area contributed by atoms with Gasteiger partial charge in [0.15, 0.2) is 0 Å². The monoisotopic (exact) mass is 436 g/mol. The van der Waals surface area contributed by atoms with Crippen LogP contribution in [0.2, 0.25) is 0 Å². The Hall–Kier alpha value is -3.28. The summed E-state index contributed by atoms with van der Waals surface area (Å²) in [5.74, 6) is 0.182. The first-order valence-corrected chi connectivity index (χ1v) is 11.2. The van der Waals surface area contributed by atoms with Crippen LogP contribution in [0.15, 0.2) is 42.6 Å². The molecule has 3 aromatic rings. The van der Waals surface area contributed by atoms with E-state index in [1.54, 1.807) is 19.2 Å². The minimum atomic E-state index is -0.401. The summed E-state index contributed by atoms with van der Waals surface area (Å²) in [4.78, 5) is 28.0. The third-order valence-corrected chi connectivity index (χ3v) is 5.85. The molecule has 0 aliphatic heterocycles. The molecule has 1 heterocycles. The Bertz CT molecular complexity index is 1090. The maximum Gasteiger partial charge on any atom is 0.337 e. The SMILES string of the molecule is CCCCC(CC)NC(=O)c1ccc2[nH]cc(Cc3ccc(C(=O)OC)cc3OC)c2c1. The second-order valence-corrected chi connectivity index (χ2v) is 7.99. The van der Waals surface area contributed by atoms with Gasteiger partial charge in [0, 0.05) is 35.1 Å². The largest absolute Gasteiger partial charge is 0.496 e. The van der Waals surface area contributed by atoms with Gasteiger partial charge in [0.2, 0.25) is 0 Å². The van der Waals surface area contributed by atoms with Crippen molar-refractivity contribution in [2.45, 2.75) is 52.0 Å². The van der Waals surface area contributed by atoms with Crippen LogP contribution in [0.25, 0.3) is 10.9 Å². The van der Waals surface area contributed by atoms with E-state index in [4.69, 9.17) is 9.47 Å². The van der Waals surface area contributed by atoms with E-state index in [9.17, 15) is 9.59 Å². The number of hydrogen-bond acceptors (Lipinski definition) is 4. The number of benzene rings is 2. The molecule has 170 valence electrons. The van der Waals surface area contributed by atoms with Crippen molar-refractivity contribution in [3.63, 3.8) is 0 Å². The predicted molar refractivity (Wildman–Crippen MR) is 127 cm³/mol. The zero-order valence-corrected chi connectivity index (χ0v) is 19.3. The fourth-order valence-electron chi connectivity index (χ4n) is 3.90. The topological polar surface area (TPSA) is 80.4 Å². The minimum Gasteiger partial charge on any atom is -0.496 e. The molecule has 1 atom stereocenters. The first-order valence-electron chi connectivity index (χ1n) is 11.2. The summed E-state index contributed by atoms with van der Waals surface area (Å²) in [5.41, 5.74) is 4.07. The van der Waals surface area contributed by atoms with Gasteiger partial charge in [-0.15, -0.1) is 0 Å². The molecular formula is C26H32N2O4. The average Bonchev–Trinajstić information content (AvgIpc) is 3.23. The number of aromatic amines is 1. The van der Waals surface area contributed by atoms with Crippen LogP contribution in [-0.4, -0.2) is 37.1 Å². The zero-order valence-electron chi connectivity index (χ0n) is 19.3. The van der Waals surface area contributed by atoms with Gasteiger partial charge in [-0.3, -0.25) is 4.79 Å². The quantitative estimate of drug-likeness (QED) is 0.425. The molecule has 2 N–H and O–H groups in total. The van der Waals surface area contributed by atoms with E-state index >= 15 is 0 Å². The van der Waals surface area contributed by atoms with Crippen molar-refractivity contribution in [3.8, 4) is 5.75 Å². The number of fused-ring (bicyclic) bond motifs is 1. The summed E-state index contributed by atoms with van der Waals surface area (Å²) in [5, 5.41) is 4.17. The number of esters is 1. The number of methoxy groups -OCH3 is 2. The number of aromatic nitrogens is 1. The highest BCUT2D eigenvalue weighted by Gasteiger charge is 2.16. The molecule has 6 heteroatoms. The smallest absolute Gasteiger partial charge is 0.337 e. The van der Waals surface area contributed by atoms with Crippen molar-refractivity contribution in [3.05, 3.63) is 64.8 Å². The van der Waals surface area contributed by atoms with Crippen LogP contribution in [0.4, 0.5) is 0 Å². The van der Waals surface area contributed by atoms with Crippen molar-refractivity contribution >= 4 is 22.8 Å². The Kier molecular flexibility index (Phi) is 7.92. The lowest BCUT2D eigenvalue weighted by Crippen LogP contribution is -2.34. The van der Waals surface area contributed by atoms with Crippen molar-refractivity contribution in [2.24, 2.45) is 0 Å². The average molecular weight is 437 g/mol. The van der Waals surface area contributed by atoms with Crippen molar-refractivity contribution in [1.29, 1.82) is 0 Å². The lowest BCUT2D eigenvalue weighted by atomic mass is 10.0. The van der Waals surface area contributed by atoms with Crippen LogP contribution in [0, 0.1) is 0 Å². The summed E-state index contributed by atoms with van der Waals surface area (Å²) in [6, 6.07) is 11.2. The van der Waals surface area contributed by atoms with Crippen LogP contribution in [0.5, 0.6) is 5.75 Å². The molecule has 0 radical (unpaired) electrons. The normalized spacial score (nSPS) is 11.9. The molecule has 0 bridgehead atoms. The Morgan fingerprint density at radius 3 is 2.50 bits per heavy atom. The first kappa shape index (κ1) is 23.4. The second kappa shape index (κ2) is 10.8. The van der Waals surface area contributed by atoms with Gasteiger partial charge in [-0.2, -0.15) is 0 Å². The number of ether oxygens (including phenoxy) is 2. The van der Waals surface area contributed by atoms with E-state index in [2.05, 4.69) is 24.1 Å². The third-order valence-electron chi connectivity index (χ3n) is 5.85. The number of nitrogens with one attached hydrogen (secondary N) is 2. The molecule has 32 heavy (non-hydrogen) atoms. The second-order valence-electron chi connectivity index (χ2n) is 7.99. The highest BCUT2D eigenvalue weighted by Crippen LogP contribution is 2.28. The minimum absolute atomic E-state index is 0.0398. The Balaban J connectivity index is 1.85. The van der Waals surface area contributed by atoms with E-state index in [-0.39, 0.29) is 11.9 Å². The number of carbonyl (C=O) groups excluding carboxylic acids is 2. The van der Waals surface area contributed by atoms with Gasteiger partial charge < -0.3 is 19.8 Å². The molecule has 1 aromatic heterocycles. The molecule has 6 nitrogen and oxygen atoms in total. The lowest BCUT2D eigenvalue weighted by molar-refractivity contribution is 0.0600. The van der Waals surface area contributed by atoms with Crippen LogP contribution < -0.4 is 10.1 Å². The molecule has 0 aliphatic rings. The van der Waals surface area contributed by atoms with Crippen LogP contribution in [-0.2, 0) is 11.2 Å².